The van der Waals surface area contributed by atoms with E-state index in [1.54, 1.807) is 12.1 Å². The van der Waals surface area contributed by atoms with E-state index in [1.165, 1.54) is 6.07 Å². The van der Waals surface area contributed by atoms with Gasteiger partial charge in [0.25, 0.3) is 0 Å². The highest BCUT2D eigenvalue weighted by molar-refractivity contribution is 5.27. The molecule has 0 bridgehead atoms. The van der Waals surface area contributed by atoms with Crippen molar-refractivity contribution >= 4 is 0 Å². The zero-order chi connectivity index (χ0) is 10.7. The number of aliphatic hydroxyl groups is 1. The highest BCUT2D eigenvalue weighted by Gasteiger charge is 2.12. The third kappa shape index (κ3) is 2.30. The Morgan fingerprint density at radius 2 is 2.07 bits per heavy atom. The minimum atomic E-state index is -0.382. The van der Waals surface area contributed by atoms with Gasteiger partial charge in [-0.15, -0.1) is 0 Å². The van der Waals surface area contributed by atoms with Crippen LogP contribution in [-0.4, -0.2) is 5.11 Å². The topological polar surface area (TPSA) is 46.2 Å². The Bertz CT molecular complexity index is 312. The van der Waals surface area contributed by atoms with Crippen molar-refractivity contribution in [1.82, 2.24) is 0 Å². The van der Waals surface area contributed by atoms with Crippen LogP contribution in [0, 0.1) is 11.7 Å². The summed E-state index contributed by atoms with van der Waals surface area (Å²) in [5.74, 6) is -0.0841. The molecule has 1 aromatic rings. The molecule has 1 rings (SSSR count). The Morgan fingerprint density at radius 1 is 1.43 bits per heavy atom. The van der Waals surface area contributed by atoms with Crippen LogP contribution in [0.3, 0.4) is 0 Å². The molecule has 78 valence electrons. The van der Waals surface area contributed by atoms with Crippen LogP contribution in [0.15, 0.2) is 18.2 Å². The van der Waals surface area contributed by atoms with Crippen LogP contribution in [0.5, 0.6) is 0 Å². The van der Waals surface area contributed by atoms with Crippen LogP contribution in [0.2, 0.25) is 0 Å². The van der Waals surface area contributed by atoms with Gasteiger partial charge in [0.1, 0.15) is 5.82 Å². The fourth-order valence-electron chi connectivity index (χ4n) is 1.31. The molecule has 0 heterocycles. The molecule has 0 aliphatic heterocycles. The van der Waals surface area contributed by atoms with Crippen LogP contribution in [0.1, 0.15) is 31.0 Å². The standard InChI is InChI=1S/C11H16FNO/c1-7(2)11(13)8-3-4-10(12)9(5-8)6-14/h3-5,7,11,14H,6,13H2,1-2H3. The summed E-state index contributed by atoms with van der Waals surface area (Å²) >= 11 is 0. The van der Waals surface area contributed by atoms with Crippen molar-refractivity contribution in [3.8, 4) is 0 Å². The second-order valence-electron chi connectivity index (χ2n) is 3.78. The van der Waals surface area contributed by atoms with Crippen molar-refractivity contribution in [2.45, 2.75) is 26.5 Å². The molecule has 1 unspecified atom stereocenters. The largest absolute Gasteiger partial charge is 0.392 e. The van der Waals surface area contributed by atoms with E-state index in [9.17, 15) is 4.39 Å². The molecule has 0 aliphatic carbocycles. The highest BCUT2D eigenvalue weighted by atomic mass is 19.1. The van der Waals surface area contributed by atoms with E-state index in [1.807, 2.05) is 13.8 Å². The van der Waals surface area contributed by atoms with E-state index in [4.69, 9.17) is 10.8 Å². The second-order valence-corrected chi connectivity index (χ2v) is 3.78. The maximum absolute atomic E-state index is 13.0. The number of hydrogen-bond donors (Lipinski definition) is 2. The summed E-state index contributed by atoms with van der Waals surface area (Å²) in [6.45, 7) is 3.73. The van der Waals surface area contributed by atoms with E-state index in [-0.39, 0.29) is 18.5 Å². The molecule has 3 heteroatoms. The summed E-state index contributed by atoms with van der Waals surface area (Å²) in [4.78, 5) is 0. The molecule has 0 saturated carbocycles. The van der Waals surface area contributed by atoms with Crippen LogP contribution >= 0.6 is 0 Å². The van der Waals surface area contributed by atoms with Gasteiger partial charge in [-0.3, -0.25) is 0 Å². The predicted molar refractivity (Wildman–Crippen MR) is 54.1 cm³/mol. The van der Waals surface area contributed by atoms with Gasteiger partial charge in [0.15, 0.2) is 0 Å². The van der Waals surface area contributed by atoms with E-state index < -0.39 is 0 Å². The van der Waals surface area contributed by atoms with E-state index in [2.05, 4.69) is 0 Å². The maximum atomic E-state index is 13.0. The van der Waals surface area contributed by atoms with E-state index in [0.29, 0.717) is 11.5 Å². The Morgan fingerprint density at radius 3 is 2.57 bits per heavy atom. The lowest BCUT2D eigenvalue weighted by atomic mass is 9.95. The molecule has 0 fully saturated rings. The summed E-state index contributed by atoms with van der Waals surface area (Å²) in [6, 6.07) is 4.53. The summed E-state index contributed by atoms with van der Waals surface area (Å²) in [6.07, 6.45) is 0. The van der Waals surface area contributed by atoms with Crippen molar-refractivity contribution in [3.63, 3.8) is 0 Å². The highest BCUT2D eigenvalue weighted by Crippen LogP contribution is 2.21. The first kappa shape index (κ1) is 11.1. The van der Waals surface area contributed by atoms with Gasteiger partial charge in [0.05, 0.1) is 6.61 Å². The van der Waals surface area contributed by atoms with Crippen molar-refractivity contribution in [3.05, 3.63) is 35.1 Å². The lowest BCUT2D eigenvalue weighted by Gasteiger charge is -2.16. The first-order chi connectivity index (χ1) is 6.56. The zero-order valence-corrected chi connectivity index (χ0v) is 8.50. The van der Waals surface area contributed by atoms with E-state index >= 15 is 0 Å². The third-order valence-corrected chi connectivity index (χ3v) is 2.34. The molecule has 0 saturated heterocycles. The van der Waals surface area contributed by atoms with Gasteiger partial charge in [-0.05, 0) is 23.6 Å². The average molecular weight is 197 g/mol. The van der Waals surface area contributed by atoms with Gasteiger partial charge in [-0.2, -0.15) is 0 Å². The van der Waals surface area contributed by atoms with Gasteiger partial charge in [-0.25, -0.2) is 4.39 Å². The first-order valence-corrected chi connectivity index (χ1v) is 4.71. The summed E-state index contributed by atoms with van der Waals surface area (Å²) < 4.78 is 13.0. The molecule has 0 radical (unpaired) electrons. The molecule has 0 amide bonds. The van der Waals surface area contributed by atoms with Gasteiger partial charge >= 0.3 is 0 Å². The molecule has 1 aromatic carbocycles. The summed E-state index contributed by atoms with van der Waals surface area (Å²) in [5, 5.41) is 8.88. The Balaban J connectivity index is 3.00. The zero-order valence-electron chi connectivity index (χ0n) is 8.50. The molecule has 0 spiro atoms. The smallest absolute Gasteiger partial charge is 0.128 e. The predicted octanol–water partition coefficient (Wildman–Crippen LogP) is 1.97. The minimum absolute atomic E-state index is 0.110. The lowest BCUT2D eigenvalue weighted by Crippen LogP contribution is -2.17. The summed E-state index contributed by atoms with van der Waals surface area (Å²) in [7, 11) is 0. The molecule has 0 aliphatic rings. The molecular weight excluding hydrogens is 181 g/mol. The fourth-order valence-corrected chi connectivity index (χ4v) is 1.31. The molecule has 3 N–H and O–H groups in total. The SMILES string of the molecule is CC(C)C(N)c1ccc(F)c(CO)c1. The summed E-state index contributed by atoms with van der Waals surface area (Å²) in [5.41, 5.74) is 7.08. The van der Waals surface area contributed by atoms with Crippen LogP contribution in [0.25, 0.3) is 0 Å². The van der Waals surface area contributed by atoms with Crippen LogP contribution in [-0.2, 0) is 6.61 Å². The molecule has 0 aromatic heterocycles. The maximum Gasteiger partial charge on any atom is 0.128 e. The number of hydrogen-bond acceptors (Lipinski definition) is 2. The quantitative estimate of drug-likeness (QED) is 0.778. The molecule has 1 atom stereocenters. The average Bonchev–Trinajstić information content (AvgIpc) is 2.17. The molecule has 2 nitrogen and oxygen atoms in total. The fraction of sp³-hybridized carbons (Fsp3) is 0.455. The molecular formula is C11H16FNO. The van der Waals surface area contributed by atoms with Gasteiger partial charge in [0.2, 0.25) is 0 Å². The lowest BCUT2D eigenvalue weighted by molar-refractivity contribution is 0.275. The van der Waals surface area contributed by atoms with Crippen LogP contribution in [0.4, 0.5) is 4.39 Å². The number of benzene rings is 1. The Kier molecular flexibility index (Phi) is 3.61. The number of rotatable bonds is 3. The number of nitrogens with two attached hydrogens (primary N) is 1. The van der Waals surface area contributed by atoms with Crippen molar-refractivity contribution in [1.29, 1.82) is 0 Å². The van der Waals surface area contributed by atoms with Gasteiger partial charge in [0, 0.05) is 11.6 Å². The monoisotopic (exact) mass is 197 g/mol. The van der Waals surface area contributed by atoms with Crippen LogP contribution < -0.4 is 5.73 Å². The minimum Gasteiger partial charge on any atom is -0.392 e. The number of aliphatic hydroxyl groups excluding tert-OH is 1. The van der Waals surface area contributed by atoms with Crippen molar-refractivity contribution in [2.75, 3.05) is 0 Å². The van der Waals surface area contributed by atoms with Gasteiger partial charge < -0.3 is 10.8 Å². The third-order valence-electron chi connectivity index (χ3n) is 2.34. The van der Waals surface area contributed by atoms with E-state index in [0.717, 1.165) is 5.56 Å². The second kappa shape index (κ2) is 4.53. The number of halogens is 1. The Labute approximate surface area is 83.6 Å². The van der Waals surface area contributed by atoms with Crippen molar-refractivity contribution < 1.29 is 9.50 Å². The normalized spacial score (nSPS) is 13.3. The Hall–Kier alpha value is -0.930. The van der Waals surface area contributed by atoms with Gasteiger partial charge in [-0.1, -0.05) is 19.9 Å². The van der Waals surface area contributed by atoms with Crippen molar-refractivity contribution in [2.24, 2.45) is 11.7 Å². The first-order valence-electron chi connectivity index (χ1n) is 4.71. The molecule has 14 heavy (non-hydrogen) atoms.